The molecule has 1 aliphatic rings. The van der Waals surface area contributed by atoms with Crippen molar-refractivity contribution in [3.05, 3.63) is 64.2 Å². The summed E-state index contributed by atoms with van der Waals surface area (Å²) in [7, 11) is 1.77. The Kier molecular flexibility index (Phi) is 3.52. The van der Waals surface area contributed by atoms with E-state index in [4.69, 9.17) is 11.6 Å². The molecule has 106 valence electrons. The number of aryl methyl sites for hydroxylation is 1. The lowest BCUT2D eigenvalue weighted by molar-refractivity contribution is -0.116. The molecule has 0 unspecified atom stereocenters. The summed E-state index contributed by atoms with van der Waals surface area (Å²) in [5.41, 5.74) is 4.71. The number of benzene rings is 2. The number of carbonyl (C=O) groups is 1. The first-order valence-electron chi connectivity index (χ1n) is 6.75. The first-order chi connectivity index (χ1) is 10.1. The van der Waals surface area contributed by atoms with Crippen LogP contribution in [0.25, 0.3) is 0 Å². The third-order valence-electron chi connectivity index (χ3n) is 3.72. The van der Waals surface area contributed by atoms with E-state index in [-0.39, 0.29) is 12.5 Å². The van der Waals surface area contributed by atoms with E-state index in [2.05, 4.69) is 4.99 Å². The van der Waals surface area contributed by atoms with Crippen molar-refractivity contribution in [2.75, 3.05) is 18.5 Å². The van der Waals surface area contributed by atoms with Gasteiger partial charge in [-0.1, -0.05) is 35.9 Å². The highest BCUT2D eigenvalue weighted by molar-refractivity contribution is 6.32. The number of hydrogen-bond donors (Lipinski definition) is 0. The minimum Gasteiger partial charge on any atom is -0.313 e. The minimum atomic E-state index is -0.0258. The Bertz CT molecular complexity index is 752. The number of halogens is 1. The Balaban J connectivity index is 2.26. The lowest BCUT2D eigenvalue weighted by Crippen LogP contribution is -2.27. The molecule has 0 bridgehead atoms. The number of nitrogens with zero attached hydrogens (tertiary/aromatic N) is 2. The van der Waals surface area contributed by atoms with Crippen LogP contribution in [-0.4, -0.2) is 25.2 Å². The van der Waals surface area contributed by atoms with Gasteiger partial charge in [0.2, 0.25) is 5.91 Å². The molecule has 0 spiro atoms. The van der Waals surface area contributed by atoms with Crippen LogP contribution in [0, 0.1) is 6.92 Å². The molecular formula is C17H15ClN2O. The lowest BCUT2D eigenvalue weighted by atomic mass is 9.97. The van der Waals surface area contributed by atoms with E-state index in [0.29, 0.717) is 5.02 Å². The molecule has 2 aromatic rings. The lowest BCUT2D eigenvalue weighted by Gasteiger charge is -2.18. The molecule has 3 rings (SSSR count). The Morgan fingerprint density at radius 2 is 1.90 bits per heavy atom. The zero-order chi connectivity index (χ0) is 15.0. The summed E-state index contributed by atoms with van der Waals surface area (Å²) >= 11 is 6.15. The summed E-state index contributed by atoms with van der Waals surface area (Å²) in [5, 5.41) is 0.637. The molecule has 1 aliphatic heterocycles. The Morgan fingerprint density at radius 1 is 1.14 bits per heavy atom. The van der Waals surface area contributed by atoms with Gasteiger partial charge in [-0.3, -0.25) is 9.79 Å². The molecule has 1 amide bonds. The highest BCUT2D eigenvalue weighted by Gasteiger charge is 2.23. The Hall–Kier alpha value is -2.13. The maximum absolute atomic E-state index is 12.1. The number of likely N-dealkylation sites (N-methyl/N-ethyl adjacent to an activating group) is 1. The molecule has 0 N–H and O–H groups in total. The van der Waals surface area contributed by atoms with Crippen molar-refractivity contribution in [1.82, 2.24) is 0 Å². The molecule has 4 heteroatoms. The molecule has 0 fully saturated rings. The highest BCUT2D eigenvalue weighted by Crippen LogP contribution is 2.29. The third-order valence-corrected chi connectivity index (χ3v) is 3.96. The van der Waals surface area contributed by atoms with Crippen LogP contribution in [0.4, 0.5) is 5.69 Å². The zero-order valence-electron chi connectivity index (χ0n) is 11.9. The van der Waals surface area contributed by atoms with E-state index in [1.807, 2.05) is 43.3 Å². The van der Waals surface area contributed by atoms with E-state index in [9.17, 15) is 4.79 Å². The van der Waals surface area contributed by atoms with E-state index < -0.39 is 0 Å². The number of benzodiazepines with no additional fused rings is 1. The largest absolute Gasteiger partial charge is 0.313 e. The van der Waals surface area contributed by atoms with Crippen molar-refractivity contribution in [2.24, 2.45) is 4.99 Å². The van der Waals surface area contributed by atoms with Gasteiger partial charge in [0, 0.05) is 23.2 Å². The van der Waals surface area contributed by atoms with Crippen LogP contribution in [0.1, 0.15) is 16.7 Å². The average Bonchev–Trinajstić information content (AvgIpc) is 2.59. The van der Waals surface area contributed by atoms with Crippen molar-refractivity contribution in [2.45, 2.75) is 6.92 Å². The summed E-state index contributed by atoms with van der Waals surface area (Å²) in [5.74, 6) is -0.0258. The fourth-order valence-electron chi connectivity index (χ4n) is 2.53. The van der Waals surface area contributed by atoms with Gasteiger partial charge in [0.25, 0.3) is 0 Å². The van der Waals surface area contributed by atoms with Gasteiger partial charge in [-0.25, -0.2) is 0 Å². The first kappa shape index (κ1) is 13.8. The maximum Gasteiger partial charge on any atom is 0.248 e. The number of rotatable bonds is 1. The van der Waals surface area contributed by atoms with E-state index in [1.54, 1.807) is 18.0 Å². The second-order valence-corrected chi connectivity index (χ2v) is 5.53. The number of hydrogen-bond acceptors (Lipinski definition) is 2. The standard InChI is InChI=1S/C17H15ClN2O/c1-11-5-3-4-6-13(11)17-14-9-12(18)7-8-15(14)20(2)16(21)10-19-17/h3-9H,10H2,1-2H3. The van der Waals surface area contributed by atoms with E-state index >= 15 is 0 Å². The fourth-order valence-corrected chi connectivity index (χ4v) is 2.70. The van der Waals surface area contributed by atoms with Gasteiger partial charge in [-0.2, -0.15) is 0 Å². The van der Waals surface area contributed by atoms with Crippen molar-refractivity contribution in [1.29, 1.82) is 0 Å². The van der Waals surface area contributed by atoms with Gasteiger partial charge >= 0.3 is 0 Å². The van der Waals surface area contributed by atoms with Gasteiger partial charge in [0.1, 0.15) is 6.54 Å². The first-order valence-corrected chi connectivity index (χ1v) is 7.12. The zero-order valence-corrected chi connectivity index (χ0v) is 12.7. The molecule has 0 saturated heterocycles. The predicted octanol–water partition coefficient (Wildman–Crippen LogP) is 3.46. The predicted molar refractivity (Wildman–Crippen MR) is 86.5 cm³/mol. The summed E-state index contributed by atoms with van der Waals surface area (Å²) in [6.45, 7) is 2.19. The van der Waals surface area contributed by atoms with Crippen molar-refractivity contribution >= 4 is 28.9 Å². The molecule has 21 heavy (non-hydrogen) atoms. The molecule has 0 radical (unpaired) electrons. The summed E-state index contributed by atoms with van der Waals surface area (Å²) in [4.78, 5) is 18.3. The van der Waals surface area contributed by atoms with Crippen LogP contribution in [0.5, 0.6) is 0 Å². The Labute approximate surface area is 128 Å². The number of anilines is 1. The SMILES string of the molecule is Cc1ccccc1C1=NCC(=O)N(C)c2ccc(Cl)cc21. The number of carbonyl (C=O) groups excluding carboxylic acids is 1. The third kappa shape index (κ3) is 2.45. The highest BCUT2D eigenvalue weighted by atomic mass is 35.5. The maximum atomic E-state index is 12.1. The topological polar surface area (TPSA) is 32.7 Å². The Morgan fingerprint density at radius 3 is 2.67 bits per heavy atom. The molecule has 0 aromatic heterocycles. The van der Waals surface area contributed by atoms with Crippen LogP contribution < -0.4 is 4.90 Å². The smallest absolute Gasteiger partial charge is 0.248 e. The molecule has 1 heterocycles. The second kappa shape index (κ2) is 5.34. The van der Waals surface area contributed by atoms with Gasteiger partial charge in [-0.15, -0.1) is 0 Å². The molecule has 2 aromatic carbocycles. The van der Waals surface area contributed by atoms with Crippen LogP contribution in [0.2, 0.25) is 5.02 Å². The average molecular weight is 299 g/mol. The number of aliphatic imine (C=N–C) groups is 1. The number of amides is 1. The fraction of sp³-hybridized carbons (Fsp3) is 0.176. The summed E-state index contributed by atoms with van der Waals surface area (Å²) in [6.07, 6.45) is 0. The molecular weight excluding hydrogens is 284 g/mol. The molecule has 3 nitrogen and oxygen atoms in total. The van der Waals surface area contributed by atoms with Crippen LogP contribution in [0.15, 0.2) is 47.5 Å². The molecule has 0 atom stereocenters. The van der Waals surface area contributed by atoms with Gasteiger partial charge in [-0.05, 0) is 30.7 Å². The van der Waals surface area contributed by atoms with Crippen LogP contribution in [0.3, 0.4) is 0 Å². The van der Waals surface area contributed by atoms with Gasteiger partial charge < -0.3 is 4.90 Å². The van der Waals surface area contributed by atoms with Crippen molar-refractivity contribution in [3.63, 3.8) is 0 Å². The second-order valence-electron chi connectivity index (χ2n) is 5.09. The normalized spacial score (nSPS) is 14.5. The van der Waals surface area contributed by atoms with E-state index in [0.717, 1.165) is 28.1 Å². The number of fused-ring (bicyclic) bond motifs is 1. The van der Waals surface area contributed by atoms with Crippen LogP contribution in [-0.2, 0) is 4.79 Å². The minimum absolute atomic E-state index is 0.0258. The monoisotopic (exact) mass is 298 g/mol. The summed E-state index contributed by atoms with van der Waals surface area (Å²) < 4.78 is 0. The van der Waals surface area contributed by atoms with Crippen molar-refractivity contribution in [3.8, 4) is 0 Å². The quantitative estimate of drug-likeness (QED) is 0.793. The molecule has 0 saturated carbocycles. The van der Waals surface area contributed by atoms with Gasteiger partial charge in [0.05, 0.1) is 11.4 Å². The summed E-state index contributed by atoms with van der Waals surface area (Å²) in [6, 6.07) is 13.6. The van der Waals surface area contributed by atoms with Crippen molar-refractivity contribution < 1.29 is 4.79 Å². The van der Waals surface area contributed by atoms with Gasteiger partial charge in [0.15, 0.2) is 0 Å². The van der Waals surface area contributed by atoms with Crippen LogP contribution >= 0.6 is 11.6 Å². The van der Waals surface area contributed by atoms with E-state index in [1.165, 1.54) is 0 Å². The molecule has 0 aliphatic carbocycles.